The summed E-state index contributed by atoms with van der Waals surface area (Å²) in [6.45, 7) is 3.79. The molecule has 0 atom stereocenters. The van der Waals surface area contributed by atoms with Crippen LogP contribution in [0, 0.1) is 13.8 Å². The van der Waals surface area contributed by atoms with Crippen molar-refractivity contribution in [3.05, 3.63) is 28.8 Å². The van der Waals surface area contributed by atoms with Gasteiger partial charge in [-0.25, -0.2) is 0 Å². The Labute approximate surface area is 119 Å². The highest BCUT2D eigenvalue weighted by atomic mass is 32.2. The maximum absolute atomic E-state index is 11.9. The summed E-state index contributed by atoms with van der Waals surface area (Å²) in [5, 5.41) is 11.6. The van der Waals surface area contributed by atoms with Crippen LogP contribution in [0.1, 0.15) is 10.6 Å². The third kappa shape index (κ3) is 3.68. The van der Waals surface area contributed by atoms with E-state index in [1.807, 2.05) is 26.0 Å². The Morgan fingerprint density at radius 2 is 2.21 bits per heavy atom. The van der Waals surface area contributed by atoms with Crippen LogP contribution in [0.25, 0.3) is 0 Å². The van der Waals surface area contributed by atoms with Crippen molar-refractivity contribution in [2.24, 2.45) is 0 Å². The number of rotatable bonds is 4. The van der Waals surface area contributed by atoms with Gasteiger partial charge in [0.05, 0.1) is 17.1 Å². The molecule has 5 nitrogen and oxygen atoms in total. The molecule has 0 bridgehead atoms. The molecular formula is C12H14N4OS2. The zero-order valence-corrected chi connectivity index (χ0v) is 12.3. The van der Waals surface area contributed by atoms with Crippen LogP contribution in [0.2, 0.25) is 0 Å². The largest absolute Gasteiger partial charge is 0.397 e. The number of nitrogens with zero attached hydrogens (tertiary/aromatic N) is 2. The van der Waals surface area contributed by atoms with Gasteiger partial charge in [0, 0.05) is 0 Å². The molecule has 100 valence electrons. The minimum Gasteiger partial charge on any atom is -0.397 e. The van der Waals surface area contributed by atoms with Crippen molar-refractivity contribution in [3.63, 3.8) is 0 Å². The molecule has 2 rings (SSSR count). The van der Waals surface area contributed by atoms with Gasteiger partial charge in [0.2, 0.25) is 5.91 Å². The number of benzene rings is 1. The van der Waals surface area contributed by atoms with E-state index in [4.69, 9.17) is 5.73 Å². The Hall–Kier alpha value is -1.60. The molecule has 0 radical (unpaired) electrons. The lowest BCUT2D eigenvalue weighted by molar-refractivity contribution is -0.113. The number of nitrogen functional groups attached to an aromatic ring is 1. The molecule has 0 saturated carbocycles. The SMILES string of the molecule is Cc1nnc(SCC(=O)Nc2c(C)cccc2N)s1. The lowest BCUT2D eigenvalue weighted by atomic mass is 10.1. The van der Waals surface area contributed by atoms with E-state index in [-0.39, 0.29) is 5.91 Å². The smallest absolute Gasteiger partial charge is 0.234 e. The number of para-hydroxylation sites is 1. The first kappa shape index (κ1) is 13.8. The fourth-order valence-electron chi connectivity index (χ4n) is 1.50. The topological polar surface area (TPSA) is 80.9 Å². The van der Waals surface area contributed by atoms with Crippen LogP contribution < -0.4 is 11.1 Å². The third-order valence-corrected chi connectivity index (χ3v) is 4.38. The minimum atomic E-state index is -0.0983. The number of thioether (sulfide) groups is 1. The number of carbonyl (C=O) groups is 1. The summed E-state index contributed by atoms with van der Waals surface area (Å²) in [5.74, 6) is 0.196. The molecule has 1 amide bonds. The molecule has 1 aromatic carbocycles. The van der Waals surface area contributed by atoms with Crippen LogP contribution in [-0.2, 0) is 4.79 Å². The van der Waals surface area contributed by atoms with E-state index in [1.165, 1.54) is 23.1 Å². The highest BCUT2D eigenvalue weighted by Crippen LogP contribution is 2.24. The molecule has 1 aromatic heterocycles. The van der Waals surface area contributed by atoms with Crippen LogP contribution in [0.15, 0.2) is 22.5 Å². The molecular weight excluding hydrogens is 280 g/mol. The highest BCUT2D eigenvalue weighted by Gasteiger charge is 2.09. The van der Waals surface area contributed by atoms with E-state index in [0.717, 1.165) is 14.9 Å². The van der Waals surface area contributed by atoms with Crippen molar-refractivity contribution in [1.29, 1.82) is 0 Å². The molecule has 0 saturated heterocycles. The molecule has 3 N–H and O–H groups in total. The summed E-state index contributed by atoms with van der Waals surface area (Å²) in [4.78, 5) is 11.9. The maximum Gasteiger partial charge on any atom is 0.234 e. The molecule has 0 fully saturated rings. The molecule has 0 aliphatic rings. The van der Waals surface area contributed by atoms with E-state index < -0.39 is 0 Å². The van der Waals surface area contributed by atoms with Gasteiger partial charge in [-0.05, 0) is 25.5 Å². The van der Waals surface area contributed by atoms with Crippen LogP contribution in [-0.4, -0.2) is 21.9 Å². The Bertz CT molecular complexity index is 577. The standard InChI is InChI=1S/C12H14N4OS2/c1-7-4-3-5-9(13)11(7)14-10(17)6-18-12-16-15-8(2)19-12/h3-5H,6,13H2,1-2H3,(H,14,17). The molecule has 0 spiro atoms. The van der Waals surface area contributed by atoms with Crippen LogP contribution in [0.3, 0.4) is 0 Å². The number of aromatic nitrogens is 2. The van der Waals surface area contributed by atoms with Gasteiger partial charge in [0.1, 0.15) is 5.01 Å². The van der Waals surface area contributed by atoms with Gasteiger partial charge in [-0.3, -0.25) is 4.79 Å². The molecule has 19 heavy (non-hydrogen) atoms. The summed E-state index contributed by atoms with van der Waals surface area (Å²) >= 11 is 2.85. The molecule has 0 unspecified atom stereocenters. The number of hydrogen-bond acceptors (Lipinski definition) is 6. The molecule has 2 aromatic rings. The summed E-state index contributed by atoms with van der Waals surface area (Å²) in [7, 11) is 0. The molecule has 1 heterocycles. The fraction of sp³-hybridized carbons (Fsp3) is 0.250. The van der Waals surface area contributed by atoms with Crippen molar-refractivity contribution in [3.8, 4) is 0 Å². The average Bonchev–Trinajstić information content (AvgIpc) is 2.77. The zero-order chi connectivity index (χ0) is 13.8. The number of nitrogens with two attached hydrogens (primary N) is 1. The predicted molar refractivity (Wildman–Crippen MR) is 79.6 cm³/mol. The van der Waals surface area contributed by atoms with Gasteiger partial charge in [0.25, 0.3) is 0 Å². The fourth-order valence-corrected chi connectivity index (χ4v) is 3.12. The van der Waals surface area contributed by atoms with E-state index in [2.05, 4.69) is 15.5 Å². The summed E-state index contributed by atoms with van der Waals surface area (Å²) in [6.07, 6.45) is 0. The quantitative estimate of drug-likeness (QED) is 0.669. The van der Waals surface area contributed by atoms with Crippen LogP contribution >= 0.6 is 23.1 Å². The lowest BCUT2D eigenvalue weighted by Crippen LogP contribution is -2.16. The van der Waals surface area contributed by atoms with Crippen molar-refractivity contribution in [2.75, 3.05) is 16.8 Å². The van der Waals surface area contributed by atoms with Gasteiger partial charge >= 0.3 is 0 Å². The number of carbonyl (C=O) groups excluding carboxylic acids is 1. The highest BCUT2D eigenvalue weighted by molar-refractivity contribution is 8.01. The van der Waals surface area contributed by atoms with Gasteiger partial charge in [0.15, 0.2) is 4.34 Å². The summed E-state index contributed by atoms with van der Waals surface area (Å²) in [6, 6.07) is 5.54. The number of amides is 1. The molecule has 0 aliphatic carbocycles. The van der Waals surface area contributed by atoms with Crippen molar-refractivity contribution in [1.82, 2.24) is 10.2 Å². The minimum absolute atomic E-state index is 0.0983. The van der Waals surface area contributed by atoms with Gasteiger partial charge in [-0.2, -0.15) is 0 Å². The number of anilines is 2. The second-order valence-corrected chi connectivity index (χ2v) is 6.37. The Balaban J connectivity index is 1.94. The second kappa shape index (κ2) is 6.03. The Kier molecular flexibility index (Phi) is 4.39. The average molecular weight is 294 g/mol. The lowest BCUT2D eigenvalue weighted by Gasteiger charge is -2.10. The van der Waals surface area contributed by atoms with E-state index in [0.29, 0.717) is 17.1 Å². The van der Waals surface area contributed by atoms with Crippen molar-refractivity contribution < 1.29 is 4.79 Å². The zero-order valence-electron chi connectivity index (χ0n) is 10.6. The van der Waals surface area contributed by atoms with Gasteiger partial charge in [-0.15, -0.1) is 10.2 Å². The monoisotopic (exact) mass is 294 g/mol. The van der Waals surface area contributed by atoms with Crippen LogP contribution in [0.5, 0.6) is 0 Å². The third-order valence-electron chi connectivity index (χ3n) is 2.40. The van der Waals surface area contributed by atoms with Crippen LogP contribution in [0.4, 0.5) is 11.4 Å². The van der Waals surface area contributed by atoms with Crippen molar-refractivity contribution in [2.45, 2.75) is 18.2 Å². The normalized spacial score (nSPS) is 10.4. The predicted octanol–water partition coefficient (Wildman–Crippen LogP) is 2.47. The van der Waals surface area contributed by atoms with E-state index >= 15 is 0 Å². The Morgan fingerprint density at radius 3 is 2.84 bits per heavy atom. The van der Waals surface area contributed by atoms with Gasteiger partial charge < -0.3 is 11.1 Å². The number of hydrogen-bond donors (Lipinski definition) is 2. The van der Waals surface area contributed by atoms with Crippen molar-refractivity contribution >= 4 is 40.4 Å². The Morgan fingerprint density at radius 1 is 1.42 bits per heavy atom. The van der Waals surface area contributed by atoms with E-state index in [9.17, 15) is 4.79 Å². The first-order chi connectivity index (χ1) is 9.06. The molecule has 7 heteroatoms. The number of aryl methyl sites for hydroxylation is 2. The molecule has 0 aliphatic heterocycles. The van der Waals surface area contributed by atoms with Gasteiger partial charge in [-0.1, -0.05) is 35.2 Å². The maximum atomic E-state index is 11.9. The number of nitrogens with one attached hydrogen (secondary N) is 1. The summed E-state index contributed by atoms with van der Waals surface area (Å²) in [5.41, 5.74) is 8.04. The van der Waals surface area contributed by atoms with E-state index in [1.54, 1.807) is 6.07 Å². The first-order valence-corrected chi connectivity index (χ1v) is 7.44. The summed E-state index contributed by atoms with van der Waals surface area (Å²) < 4.78 is 0.797. The second-order valence-electron chi connectivity index (χ2n) is 3.96. The first-order valence-electron chi connectivity index (χ1n) is 5.64.